The molecule has 1 heterocycles. The molecule has 1 saturated heterocycles. The topological polar surface area (TPSA) is 57.2 Å². The lowest BCUT2D eigenvalue weighted by atomic mass is 10.1. The highest BCUT2D eigenvalue weighted by Gasteiger charge is 2.28. The Bertz CT molecular complexity index is 643. The maximum atomic E-state index is 12.4. The van der Waals surface area contributed by atoms with Gasteiger partial charge in [-0.25, -0.2) is 0 Å². The second kappa shape index (κ2) is 8.45. The lowest BCUT2D eigenvalue weighted by Gasteiger charge is -2.15. The summed E-state index contributed by atoms with van der Waals surface area (Å²) in [4.78, 5) is 14.3. The molecule has 1 aromatic carbocycles. The Hall–Kier alpha value is -2.21. The molecule has 1 aromatic rings. The Balaban J connectivity index is 1.60. The molecule has 1 amide bonds. The zero-order valence-corrected chi connectivity index (χ0v) is 15.7. The first kappa shape index (κ1) is 18.6. The number of amides is 1. The van der Waals surface area contributed by atoms with Gasteiger partial charge in [-0.15, -0.1) is 0 Å². The lowest BCUT2D eigenvalue weighted by Crippen LogP contribution is -2.28. The molecule has 0 spiro atoms. The zero-order valence-electron chi connectivity index (χ0n) is 15.7. The van der Waals surface area contributed by atoms with E-state index in [0.717, 1.165) is 31.1 Å². The van der Waals surface area contributed by atoms with E-state index in [4.69, 9.17) is 18.9 Å². The quantitative estimate of drug-likeness (QED) is 0.667. The van der Waals surface area contributed by atoms with Crippen molar-refractivity contribution in [1.82, 2.24) is 4.90 Å². The largest absolute Gasteiger partial charge is 0.493 e. The molecule has 0 bridgehead atoms. The molecule has 142 valence electrons. The normalized spacial score (nSPS) is 19.8. The molecule has 26 heavy (non-hydrogen) atoms. The van der Waals surface area contributed by atoms with Gasteiger partial charge in [-0.3, -0.25) is 4.79 Å². The average molecular weight is 361 g/mol. The summed E-state index contributed by atoms with van der Waals surface area (Å²) in [5.41, 5.74) is 0.814. The van der Waals surface area contributed by atoms with Gasteiger partial charge < -0.3 is 23.8 Å². The monoisotopic (exact) mass is 361 g/mol. The molecule has 0 N–H and O–H groups in total. The summed E-state index contributed by atoms with van der Waals surface area (Å²) in [6.07, 6.45) is 7.01. The summed E-state index contributed by atoms with van der Waals surface area (Å²) in [5.74, 6) is 2.41. The number of hydrogen-bond donors (Lipinski definition) is 0. The second-order valence-corrected chi connectivity index (χ2v) is 6.76. The molecule has 2 fully saturated rings. The Labute approximate surface area is 154 Å². The number of rotatable bonds is 8. The Morgan fingerprint density at radius 1 is 1.12 bits per heavy atom. The van der Waals surface area contributed by atoms with Crippen LogP contribution in [0.5, 0.6) is 17.2 Å². The molecular weight excluding hydrogens is 334 g/mol. The van der Waals surface area contributed by atoms with Crippen molar-refractivity contribution in [3.8, 4) is 17.2 Å². The van der Waals surface area contributed by atoms with Crippen LogP contribution in [0.1, 0.15) is 24.8 Å². The van der Waals surface area contributed by atoms with E-state index in [1.54, 1.807) is 33.5 Å². The van der Waals surface area contributed by atoms with Crippen molar-refractivity contribution < 1.29 is 23.7 Å². The van der Waals surface area contributed by atoms with Crippen LogP contribution < -0.4 is 14.2 Å². The highest BCUT2D eigenvalue weighted by molar-refractivity contribution is 5.92. The van der Waals surface area contributed by atoms with E-state index in [0.29, 0.717) is 23.8 Å². The summed E-state index contributed by atoms with van der Waals surface area (Å²) >= 11 is 0. The van der Waals surface area contributed by atoms with Crippen LogP contribution in [0.15, 0.2) is 18.2 Å². The number of benzene rings is 1. The van der Waals surface area contributed by atoms with Crippen LogP contribution in [0, 0.1) is 5.92 Å². The third kappa shape index (κ3) is 4.49. The third-order valence-corrected chi connectivity index (χ3v) is 4.83. The van der Waals surface area contributed by atoms with E-state index in [1.165, 1.54) is 12.8 Å². The van der Waals surface area contributed by atoms with E-state index >= 15 is 0 Å². The van der Waals surface area contributed by atoms with Gasteiger partial charge in [0, 0.05) is 25.8 Å². The number of ether oxygens (including phenoxy) is 4. The maximum absolute atomic E-state index is 12.4. The molecule has 0 radical (unpaired) electrons. The first-order valence-corrected chi connectivity index (χ1v) is 9.03. The fourth-order valence-corrected chi connectivity index (χ4v) is 3.09. The van der Waals surface area contributed by atoms with Crippen molar-refractivity contribution in [3.05, 3.63) is 23.8 Å². The SMILES string of the molecule is COc1cc(/C=C/C(=O)N2CCC(OCC3CC3)C2)cc(OC)c1OC. The minimum Gasteiger partial charge on any atom is -0.493 e. The van der Waals surface area contributed by atoms with Crippen LogP contribution in [-0.4, -0.2) is 57.9 Å². The fraction of sp³-hybridized carbons (Fsp3) is 0.550. The molecule has 2 aliphatic rings. The van der Waals surface area contributed by atoms with E-state index < -0.39 is 0 Å². The molecule has 1 aliphatic heterocycles. The van der Waals surface area contributed by atoms with Crippen LogP contribution >= 0.6 is 0 Å². The molecule has 6 heteroatoms. The number of methoxy groups -OCH3 is 3. The number of carbonyl (C=O) groups excluding carboxylic acids is 1. The van der Waals surface area contributed by atoms with Gasteiger partial charge >= 0.3 is 0 Å². The van der Waals surface area contributed by atoms with Gasteiger partial charge in [0.15, 0.2) is 11.5 Å². The number of likely N-dealkylation sites (tertiary alicyclic amines) is 1. The van der Waals surface area contributed by atoms with E-state index in [2.05, 4.69) is 0 Å². The predicted octanol–water partition coefficient (Wildman–Crippen LogP) is 2.75. The molecule has 6 nitrogen and oxygen atoms in total. The molecule has 1 saturated carbocycles. The summed E-state index contributed by atoms with van der Waals surface area (Å²) in [7, 11) is 4.71. The van der Waals surface area contributed by atoms with Crippen molar-refractivity contribution in [3.63, 3.8) is 0 Å². The second-order valence-electron chi connectivity index (χ2n) is 6.76. The summed E-state index contributed by atoms with van der Waals surface area (Å²) in [6, 6.07) is 3.63. The molecule has 0 aromatic heterocycles. The molecular formula is C20H27NO5. The van der Waals surface area contributed by atoms with Gasteiger partial charge in [0.05, 0.1) is 27.4 Å². The van der Waals surface area contributed by atoms with E-state index in [-0.39, 0.29) is 12.0 Å². The van der Waals surface area contributed by atoms with Crippen molar-refractivity contribution in [2.75, 3.05) is 41.0 Å². The Morgan fingerprint density at radius 3 is 2.38 bits per heavy atom. The van der Waals surface area contributed by atoms with Gasteiger partial charge in [0.25, 0.3) is 0 Å². The zero-order chi connectivity index (χ0) is 18.5. The van der Waals surface area contributed by atoms with E-state index in [1.807, 2.05) is 17.0 Å². The first-order valence-electron chi connectivity index (χ1n) is 9.03. The van der Waals surface area contributed by atoms with Crippen molar-refractivity contribution in [2.24, 2.45) is 5.92 Å². The minimum atomic E-state index is -0.00345. The molecule has 1 unspecified atom stereocenters. The van der Waals surface area contributed by atoms with Gasteiger partial charge in [0.1, 0.15) is 0 Å². The van der Waals surface area contributed by atoms with Gasteiger partial charge in [0.2, 0.25) is 11.7 Å². The van der Waals surface area contributed by atoms with Crippen LogP contribution in [0.4, 0.5) is 0 Å². The Kier molecular flexibility index (Phi) is 6.04. The average Bonchev–Trinajstić information content (AvgIpc) is 3.38. The highest BCUT2D eigenvalue weighted by Crippen LogP contribution is 2.38. The standard InChI is InChI=1S/C20H27NO5/c1-23-17-10-15(11-18(24-2)20(17)25-3)6-7-19(22)21-9-8-16(12-21)26-13-14-4-5-14/h6-7,10-11,14,16H,4-5,8-9,12-13H2,1-3H3/b7-6+. The first-order chi connectivity index (χ1) is 12.6. The highest BCUT2D eigenvalue weighted by atomic mass is 16.5. The van der Waals surface area contributed by atoms with Gasteiger partial charge in [-0.05, 0) is 49.0 Å². The number of nitrogens with zero attached hydrogens (tertiary/aromatic N) is 1. The maximum Gasteiger partial charge on any atom is 0.246 e. The van der Waals surface area contributed by atoms with E-state index in [9.17, 15) is 4.79 Å². The minimum absolute atomic E-state index is 0.00345. The predicted molar refractivity (Wildman–Crippen MR) is 98.8 cm³/mol. The Morgan fingerprint density at radius 2 is 1.81 bits per heavy atom. The smallest absolute Gasteiger partial charge is 0.246 e. The number of carbonyl (C=O) groups is 1. The van der Waals surface area contributed by atoms with Crippen LogP contribution in [-0.2, 0) is 9.53 Å². The van der Waals surface area contributed by atoms with Crippen LogP contribution in [0.3, 0.4) is 0 Å². The van der Waals surface area contributed by atoms with Crippen molar-refractivity contribution in [2.45, 2.75) is 25.4 Å². The third-order valence-electron chi connectivity index (χ3n) is 4.83. The van der Waals surface area contributed by atoms with Gasteiger partial charge in [-0.2, -0.15) is 0 Å². The molecule has 1 atom stereocenters. The fourth-order valence-electron chi connectivity index (χ4n) is 3.09. The van der Waals surface area contributed by atoms with Crippen LogP contribution in [0.2, 0.25) is 0 Å². The lowest BCUT2D eigenvalue weighted by molar-refractivity contribution is -0.125. The summed E-state index contributed by atoms with van der Waals surface area (Å²) in [6.45, 7) is 2.26. The molecule has 3 rings (SSSR count). The molecule has 1 aliphatic carbocycles. The van der Waals surface area contributed by atoms with Crippen molar-refractivity contribution >= 4 is 12.0 Å². The summed E-state index contributed by atoms with van der Waals surface area (Å²) in [5, 5.41) is 0. The summed E-state index contributed by atoms with van der Waals surface area (Å²) < 4.78 is 21.9. The van der Waals surface area contributed by atoms with Gasteiger partial charge in [-0.1, -0.05) is 0 Å². The van der Waals surface area contributed by atoms with Crippen molar-refractivity contribution in [1.29, 1.82) is 0 Å². The number of hydrogen-bond acceptors (Lipinski definition) is 5. The van der Waals surface area contributed by atoms with Crippen LogP contribution in [0.25, 0.3) is 6.08 Å².